The highest BCUT2D eigenvalue weighted by Gasteiger charge is 2.28. The molecule has 4 nitrogen and oxygen atoms in total. The van der Waals surface area contributed by atoms with Gasteiger partial charge in [-0.2, -0.15) is 5.10 Å². The van der Waals surface area contributed by atoms with Crippen molar-refractivity contribution in [2.75, 3.05) is 12.4 Å². The Kier molecular flexibility index (Phi) is 1.99. The summed E-state index contributed by atoms with van der Waals surface area (Å²) < 4.78 is 5.17. The zero-order valence-corrected chi connectivity index (χ0v) is 7.08. The number of aromatic amines is 1. The molecule has 0 radical (unpaired) electrons. The molecule has 1 aliphatic carbocycles. The average molecular weight is 167 g/mol. The molecule has 0 spiro atoms. The van der Waals surface area contributed by atoms with Crippen molar-refractivity contribution in [2.45, 2.75) is 25.0 Å². The zero-order valence-electron chi connectivity index (χ0n) is 7.08. The summed E-state index contributed by atoms with van der Waals surface area (Å²) in [5.74, 6) is 0. The second-order valence-electron chi connectivity index (χ2n) is 3.16. The topological polar surface area (TPSA) is 49.9 Å². The van der Waals surface area contributed by atoms with Crippen molar-refractivity contribution in [2.24, 2.45) is 0 Å². The van der Waals surface area contributed by atoms with E-state index in [-0.39, 0.29) is 0 Å². The molecule has 1 aromatic rings. The lowest BCUT2D eigenvalue weighted by atomic mass is 9.89. The third-order valence-corrected chi connectivity index (χ3v) is 2.30. The van der Waals surface area contributed by atoms with Gasteiger partial charge in [0.1, 0.15) is 0 Å². The van der Waals surface area contributed by atoms with Crippen molar-refractivity contribution in [1.82, 2.24) is 10.2 Å². The molecule has 66 valence electrons. The van der Waals surface area contributed by atoms with Gasteiger partial charge in [0.2, 0.25) is 0 Å². The first-order valence-corrected chi connectivity index (χ1v) is 4.16. The van der Waals surface area contributed by atoms with E-state index < -0.39 is 0 Å². The molecule has 1 saturated carbocycles. The molecule has 2 rings (SSSR count). The number of anilines is 1. The lowest BCUT2D eigenvalue weighted by Gasteiger charge is -2.34. The van der Waals surface area contributed by atoms with Crippen molar-refractivity contribution >= 4 is 5.69 Å². The number of rotatable bonds is 3. The standard InChI is InChI=1S/C8H13N3O/c1-12-8-2-6(3-8)11-7-4-9-10-5-7/h4-6,8,11H,2-3H2,1H3,(H,9,10). The molecule has 1 heterocycles. The first-order valence-electron chi connectivity index (χ1n) is 4.16. The fourth-order valence-corrected chi connectivity index (χ4v) is 1.44. The van der Waals surface area contributed by atoms with E-state index in [2.05, 4.69) is 15.5 Å². The van der Waals surface area contributed by atoms with E-state index in [1.807, 2.05) is 6.20 Å². The summed E-state index contributed by atoms with van der Waals surface area (Å²) in [7, 11) is 1.76. The van der Waals surface area contributed by atoms with Gasteiger partial charge in [0.15, 0.2) is 0 Å². The third-order valence-electron chi connectivity index (χ3n) is 2.30. The number of methoxy groups -OCH3 is 1. The predicted octanol–water partition coefficient (Wildman–Crippen LogP) is 0.999. The van der Waals surface area contributed by atoms with E-state index in [1.54, 1.807) is 13.3 Å². The Morgan fingerprint density at radius 1 is 1.67 bits per heavy atom. The van der Waals surface area contributed by atoms with Crippen LogP contribution in [0.25, 0.3) is 0 Å². The van der Waals surface area contributed by atoms with Gasteiger partial charge in [-0.25, -0.2) is 0 Å². The van der Waals surface area contributed by atoms with E-state index in [0.717, 1.165) is 18.5 Å². The quantitative estimate of drug-likeness (QED) is 0.706. The van der Waals surface area contributed by atoms with Crippen LogP contribution in [0.15, 0.2) is 12.4 Å². The first kappa shape index (κ1) is 7.61. The van der Waals surface area contributed by atoms with Crippen LogP contribution in [-0.4, -0.2) is 29.5 Å². The molecular weight excluding hydrogens is 154 g/mol. The average Bonchev–Trinajstić information content (AvgIpc) is 2.47. The summed E-state index contributed by atoms with van der Waals surface area (Å²) in [5.41, 5.74) is 1.06. The lowest BCUT2D eigenvalue weighted by Crippen LogP contribution is -2.40. The van der Waals surface area contributed by atoms with Gasteiger partial charge < -0.3 is 10.1 Å². The Morgan fingerprint density at radius 2 is 2.50 bits per heavy atom. The van der Waals surface area contributed by atoms with E-state index in [4.69, 9.17) is 4.74 Å². The van der Waals surface area contributed by atoms with E-state index in [0.29, 0.717) is 12.1 Å². The van der Waals surface area contributed by atoms with Gasteiger partial charge in [0.05, 0.1) is 18.0 Å². The van der Waals surface area contributed by atoms with E-state index in [1.165, 1.54) is 0 Å². The second kappa shape index (κ2) is 3.15. The van der Waals surface area contributed by atoms with Gasteiger partial charge in [-0.3, -0.25) is 5.10 Å². The maximum absolute atomic E-state index is 5.17. The minimum absolute atomic E-state index is 0.453. The number of H-pyrrole nitrogens is 1. The molecule has 0 unspecified atom stereocenters. The summed E-state index contributed by atoms with van der Waals surface area (Å²) >= 11 is 0. The van der Waals surface area contributed by atoms with Crippen LogP contribution in [0, 0.1) is 0 Å². The van der Waals surface area contributed by atoms with Crippen molar-refractivity contribution in [1.29, 1.82) is 0 Å². The molecule has 0 atom stereocenters. The minimum atomic E-state index is 0.453. The molecule has 4 heteroatoms. The molecular formula is C8H13N3O. The Hall–Kier alpha value is -1.03. The van der Waals surface area contributed by atoms with E-state index >= 15 is 0 Å². The molecule has 2 N–H and O–H groups in total. The van der Waals surface area contributed by atoms with Crippen molar-refractivity contribution in [3.8, 4) is 0 Å². The molecule has 0 aliphatic heterocycles. The first-order chi connectivity index (χ1) is 5.88. The predicted molar refractivity (Wildman–Crippen MR) is 46.0 cm³/mol. The number of ether oxygens (including phenoxy) is 1. The Morgan fingerprint density at radius 3 is 3.08 bits per heavy atom. The summed E-state index contributed by atoms with van der Waals surface area (Å²) in [5, 5.41) is 9.97. The molecule has 0 aromatic carbocycles. The summed E-state index contributed by atoms with van der Waals surface area (Å²) in [6.45, 7) is 0. The number of nitrogens with one attached hydrogen (secondary N) is 2. The molecule has 1 aromatic heterocycles. The van der Waals surface area contributed by atoms with E-state index in [9.17, 15) is 0 Å². The Balaban J connectivity index is 1.77. The highest BCUT2D eigenvalue weighted by atomic mass is 16.5. The fourth-order valence-electron chi connectivity index (χ4n) is 1.44. The number of aromatic nitrogens is 2. The van der Waals surface area contributed by atoms with Gasteiger partial charge >= 0.3 is 0 Å². The normalized spacial score (nSPS) is 28.1. The van der Waals surface area contributed by atoms with Crippen molar-refractivity contribution < 1.29 is 4.74 Å². The van der Waals surface area contributed by atoms with Crippen molar-refractivity contribution in [3.05, 3.63) is 12.4 Å². The molecule has 1 fully saturated rings. The molecule has 1 aliphatic rings. The van der Waals surface area contributed by atoms with Crippen LogP contribution in [0.2, 0.25) is 0 Å². The maximum atomic E-state index is 5.17. The van der Waals surface area contributed by atoms with Gasteiger partial charge in [-0.15, -0.1) is 0 Å². The maximum Gasteiger partial charge on any atom is 0.0725 e. The van der Waals surface area contributed by atoms with Gasteiger partial charge in [0.25, 0.3) is 0 Å². The summed E-state index contributed by atoms with van der Waals surface area (Å²) in [4.78, 5) is 0. The molecule has 0 bridgehead atoms. The minimum Gasteiger partial charge on any atom is -0.381 e. The van der Waals surface area contributed by atoms with Crippen LogP contribution in [-0.2, 0) is 4.74 Å². The van der Waals surface area contributed by atoms with Crippen LogP contribution in [0.3, 0.4) is 0 Å². The third kappa shape index (κ3) is 1.43. The fraction of sp³-hybridized carbons (Fsp3) is 0.625. The number of nitrogens with zero attached hydrogens (tertiary/aromatic N) is 1. The van der Waals surface area contributed by atoms with Crippen LogP contribution in [0.5, 0.6) is 0 Å². The number of hydrogen-bond acceptors (Lipinski definition) is 3. The Bertz CT molecular complexity index is 228. The molecule has 0 amide bonds. The van der Waals surface area contributed by atoms with Crippen LogP contribution in [0.1, 0.15) is 12.8 Å². The summed E-state index contributed by atoms with van der Waals surface area (Å²) in [6.07, 6.45) is 6.30. The number of hydrogen-bond donors (Lipinski definition) is 2. The molecule has 12 heavy (non-hydrogen) atoms. The van der Waals surface area contributed by atoms with Crippen LogP contribution >= 0.6 is 0 Å². The smallest absolute Gasteiger partial charge is 0.0725 e. The highest BCUT2D eigenvalue weighted by Crippen LogP contribution is 2.25. The Labute approximate surface area is 71.3 Å². The zero-order chi connectivity index (χ0) is 8.39. The van der Waals surface area contributed by atoms with Gasteiger partial charge in [-0.1, -0.05) is 0 Å². The van der Waals surface area contributed by atoms with Gasteiger partial charge in [-0.05, 0) is 12.8 Å². The largest absolute Gasteiger partial charge is 0.381 e. The van der Waals surface area contributed by atoms with Crippen LogP contribution in [0.4, 0.5) is 5.69 Å². The SMILES string of the molecule is COC1CC(Nc2cn[nH]c2)C1. The lowest BCUT2D eigenvalue weighted by molar-refractivity contribution is 0.0329. The second-order valence-corrected chi connectivity index (χ2v) is 3.16. The monoisotopic (exact) mass is 167 g/mol. The highest BCUT2D eigenvalue weighted by molar-refractivity contribution is 5.39. The van der Waals surface area contributed by atoms with Gasteiger partial charge in [0, 0.05) is 19.3 Å². The molecule has 0 saturated heterocycles. The van der Waals surface area contributed by atoms with Crippen molar-refractivity contribution in [3.63, 3.8) is 0 Å². The summed E-state index contributed by atoms with van der Waals surface area (Å²) in [6, 6.07) is 0.563. The van der Waals surface area contributed by atoms with Crippen LogP contribution < -0.4 is 5.32 Å².